The molecule has 0 saturated heterocycles. The third-order valence-electron chi connectivity index (χ3n) is 5.89. The summed E-state index contributed by atoms with van der Waals surface area (Å²) in [6.45, 7) is 3.63. The third-order valence-corrected chi connectivity index (χ3v) is 6.10. The number of fused-ring (bicyclic) bond motifs is 4. The average molecular weight is 467 g/mol. The highest BCUT2D eigenvalue weighted by Gasteiger charge is 2.24. The summed E-state index contributed by atoms with van der Waals surface area (Å²) in [5.74, 6) is 0.235. The second-order valence-corrected chi connectivity index (χ2v) is 8.79. The Morgan fingerprint density at radius 1 is 1.27 bits per heavy atom. The molecule has 1 aromatic carbocycles. The molecule has 0 saturated carbocycles. The van der Waals surface area contributed by atoms with Gasteiger partial charge in [-0.3, -0.25) is 18.6 Å². The molecule has 0 N–H and O–H groups in total. The number of nitrogens with zero attached hydrogens (tertiary/aromatic N) is 6. The third kappa shape index (κ3) is 3.39. The van der Waals surface area contributed by atoms with E-state index in [0.717, 1.165) is 22.3 Å². The van der Waals surface area contributed by atoms with E-state index in [1.165, 1.54) is 9.47 Å². The highest BCUT2D eigenvalue weighted by atomic mass is 35.5. The van der Waals surface area contributed by atoms with Crippen LogP contribution in [-0.2, 0) is 13.6 Å². The lowest BCUT2D eigenvalue weighted by molar-refractivity contribution is 0.0824. The summed E-state index contributed by atoms with van der Waals surface area (Å²) in [6, 6.07) is 7.57. The maximum absolute atomic E-state index is 13.4. The number of carbonyl (C=O) groups excluding carboxylic acids is 1. The van der Waals surface area contributed by atoms with Crippen molar-refractivity contribution < 1.29 is 9.53 Å². The molecule has 0 bridgehead atoms. The minimum Gasteiger partial charge on any atom is -0.474 e. The molecule has 0 unspecified atom stereocenters. The van der Waals surface area contributed by atoms with E-state index in [4.69, 9.17) is 16.3 Å². The number of carbonyl (C=O) groups is 1. The highest BCUT2D eigenvalue weighted by Crippen LogP contribution is 2.33. The zero-order valence-corrected chi connectivity index (χ0v) is 19.5. The van der Waals surface area contributed by atoms with Crippen LogP contribution in [0.5, 0.6) is 5.88 Å². The van der Waals surface area contributed by atoms with Crippen molar-refractivity contribution in [2.75, 3.05) is 32.1 Å². The molecule has 0 spiro atoms. The molecule has 3 aromatic heterocycles. The second kappa shape index (κ2) is 7.77. The number of hydrogen-bond acceptors (Lipinski definition) is 6. The molecule has 170 valence electrons. The monoisotopic (exact) mass is 466 g/mol. The average Bonchev–Trinajstić information content (AvgIpc) is 3.21. The molecule has 0 radical (unpaired) electrons. The standard InChI is InChI=1S/C23H23ClN6O3/c1-13-9-14(11-29-7-8-33-20-16(29)5-6-17(24)26-20)19-15(10-13)22(31)28(4)21-18(23(32)27(2)3)25-12-30(19)21/h5-6,9-10,12H,7-8,11H2,1-4H3. The summed E-state index contributed by atoms with van der Waals surface area (Å²) in [6.07, 6.45) is 1.61. The van der Waals surface area contributed by atoms with Gasteiger partial charge in [0.25, 0.3) is 11.5 Å². The van der Waals surface area contributed by atoms with E-state index >= 15 is 0 Å². The van der Waals surface area contributed by atoms with E-state index < -0.39 is 0 Å². The van der Waals surface area contributed by atoms with Gasteiger partial charge in [0.05, 0.1) is 17.4 Å². The number of pyridine rings is 1. The molecule has 4 heterocycles. The number of rotatable bonds is 3. The Balaban J connectivity index is 1.74. The molecule has 9 nitrogen and oxygen atoms in total. The van der Waals surface area contributed by atoms with Crippen LogP contribution >= 0.6 is 11.6 Å². The van der Waals surface area contributed by atoms with Gasteiger partial charge >= 0.3 is 0 Å². The van der Waals surface area contributed by atoms with E-state index in [0.29, 0.717) is 41.8 Å². The number of aromatic nitrogens is 4. The summed E-state index contributed by atoms with van der Waals surface area (Å²) in [5, 5.41) is 0.947. The van der Waals surface area contributed by atoms with Crippen molar-refractivity contribution >= 4 is 39.7 Å². The van der Waals surface area contributed by atoms with Gasteiger partial charge in [0.1, 0.15) is 23.8 Å². The summed E-state index contributed by atoms with van der Waals surface area (Å²) >= 11 is 6.04. The van der Waals surface area contributed by atoms with Crippen LogP contribution < -0.4 is 15.2 Å². The fourth-order valence-corrected chi connectivity index (χ4v) is 4.53. The van der Waals surface area contributed by atoms with Crippen LogP contribution in [0.25, 0.3) is 16.6 Å². The molecule has 0 atom stereocenters. The molecule has 33 heavy (non-hydrogen) atoms. The number of halogens is 1. The van der Waals surface area contributed by atoms with Gasteiger partial charge in [0, 0.05) is 27.7 Å². The number of hydrogen-bond donors (Lipinski definition) is 0. The number of benzene rings is 1. The first-order valence-corrected chi connectivity index (χ1v) is 10.9. The Labute approximate surface area is 194 Å². The first-order chi connectivity index (χ1) is 15.8. The van der Waals surface area contributed by atoms with Gasteiger partial charge in [0.15, 0.2) is 11.3 Å². The van der Waals surface area contributed by atoms with Crippen LogP contribution in [0.3, 0.4) is 0 Å². The van der Waals surface area contributed by atoms with Crippen molar-refractivity contribution in [1.82, 2.24) is 23.8 Å². The molecule has 4 aromatic rings. The van der Waals surface area contributed by atoms with Gasteiger partial charge in [-0.05, 0) is 36.2 Å². The minimum atomic E-state index is -0.259. The van der Waals surface area contributed by atoms with Crippen LogP contribution in [-0.4, -0.2) is 57.0 Å². The Hall–Kier alpha value is -3.59. The summed E-state index contributed by atoms with van der Waals surface area (Å²) < 4.78 is 9.02. The van der Waals surface area contributed by atoms with Crippen LogP contribution in [0, 0.1) is 6.92 Å². The van der Waals surface area contributed by atoms with E-state index in [9.17, 15) is 9.59 Å². The van der Waals surface area contributed by atoms with Crippen LogP contribution in [0.15, 0.2) is 35.4 Å². The number of imidazole rings is 1. The quantitative estimate of drug-likeness (QED) is 0.431. The zero-order chi connectivity index (χ0) is 23.4. The van der Waals surface area contributed by atoms with Crippen molar-refractivity contribution in [2.45, 2.75) is 13.5 Å². The predicted octanol–water partition coefficient (Wildman–Crippen LogP) is 2.64. The Bertz CT molecular complexity index is 1490. The lowest BCUT2D eigenvalue weighted by Gasteiger charge is -2.31. The lowest BCUT2D eigenvalue weighted by atomic mass is 10.1. The van der Waals surface area contributed by atoms with Crippen molar-refractivity contribution in [3.05, 3.63) is 62.9 Å². The minimum absolute atomic E-state index is 0.174. The number of ether oxygens (including phenoxy) is 1. The Morgan fingerprint density at radius 3 is 2.82 bits per heavy atom. The van der Waals surface area contributed by atoms with Gasteiger partial charge in [-0.25, -0.2) is 4.98 Å². The molecule has 1 aliphatic rings. The number of aryl methyl sites for hydroxylation is 2. The van der Waals surface area contributed by atoms with Crippen LogP contribution in [0.4, 0.5) is 5.69 Å². The predicted molar refractivity (Wildman–Crippen MR) is 126 cm³/mol. The normalized spacial score (nSPS) is 13.3. The lowest BCUT2D eigenvalue weighted by Crippen LogP contribution is -2.33. The van der Waals surface area contributed by atoms with E-state index in [-0.39, 0.29) is 17.2 Å². The molecule has 10 heteroatoms. The fraction of sp³-hybridized carbons (Fsp3) is 0.304. The van der Waals surface area contributed by atoms with Gasteiger partial charge in [0.2, 0.25) is 5.88 Å². The van der Waals surface area contributed by atoms with Crippen molar-refractivity contribution in [3.63, 3.8) is 0 Å². The largest absolute Gasteiger partial charge is 0.474 e. The van der Waals surface area contributed by atoms with E-state index in [2.05, 4.69) is 20.9 Å². The summed E-state index contributed by atoms with van der Waals surface area (Å²) in [4.78, 5) is 38.4. The van der Waals surface area contributed by atoms with Gasteiger partial charge in [-0.2, -0.15) is 4.98 Å². The van der Waals surface area contributed by atoms with Crippen molar-refractivity contribution in [2.24, 2.45) is 7.05 Å². The van der Waals surface area contributed by atoms with Gasteiger partial charge < -0.3 is 14.5 Å². The maximum atomic E-state index is 13.4. The molecular weight excluding hydrogens is 444 g/mol. The number of amides is 1. The molecule has 1 aliphatic heterocycles. The van der Waals surface area contributed by atoms with E-state index in [1.807, 2.05) is 23.5 Å². The maximum Gasteiger partial charge on any atom is 0.275 e. The summed E-state index contributed by atoms with van der Waals surface area (Å²) in [5.41, 5.74) is 4.02. The Kier molecular flexibility index (Phi) is 5.01. The molecule has 5 rings (SSSR count). The molecule has 0 aliphatic carbocycles. The smallest absolute Gasteiger partial charge is 0.275 e. The molecule has 0 fully saturated rings. The first kappa shape index (κ1) is 21.3. The first-order valence-electron chi connectivity index (χ1n) is 10.5. The SMILES string of the molecule is Cc1cc(CN2CCOc3nc(Cl)ccc32)c2c(c1)c(=O)n(C)c1c(C(=O)N(C)C)ncn21. The van der Waals surface area contributed by atoms with Gasteiger partial charge in [-0.15, -0.1) is 0 Å². The zero-order valence-electron chi connectivity index (χ0n) is 18.8. The van der Waals surface area contributed by atoms with Crippen molar-refractivity contribution in [1.29, 1.82) is 0 Å². The highest BCUT2D eigenvalue weighted by molar-refractivity contribution is 6.29. The molecular formula is C23H23ClN6O3. The fourth-order valence-electron chi connectivity index (χ4n) is 4.39. The van der Waals surface area contributed by atoms with Gasteiger partial charge in [-0.1, -0.05) is 17.7 Å². The Morgan fingerprint density at radius 2 is 2.06 bits per heavy atom. The topological polar surface area (TPSA) is 85.0 Å². The van der Waals surface area contributed by atoms with Crippen molar-refractivity contribution in [3.8, 4) is 5.88 Å². The van der Waals surface area contributed by atoms with Crippen LogP contribution in [0.1, 0.15) is 21.6 Å². The van der Waals surface area contributed by atoms with Crippen LogP contribution in [0.2, 0.25) is 5.15 Å². The second-order valence-electron chi connectivity index (χ2n) is 8.40. The summed E-state index contributed by atoms with van der Waals surface area (Å²) in [7, 11) is 5.00. The molecule has 1 amide bonds. The number of anilines is 1. The van der Waals surface area contributed by atoms with E-state index in [1.54, 1.807) is 33.5 Å².